The first-order valence-electron chi connectivity index (χ1n) is 5.85. The first-order chi connectivity index (χ1) is 8.72. The summed E-state index contributed by atoms with van der Waals surface area (Å²) in [6.07, 6.45) is 1.46. The monoisotopic (exact) mass is 248 g/mol. The average Bonchev–Trinajstić information content (AvgIpc) is 3.09. The van der Waals surface area contributed by atoms with Crippen molar-refractivity contribution in [2.24, 2.45) is 5.92 Å². The molecular formula is C12H13FN4O. The minimum Gasteiger partial charge on any atom is -0.385 e. The highest BCUT2D eigenvalue weighted by Gasteiger charge is 2.32. The molecule has 1 atom stereocenters. The topological polar surface area (TPSA) is 73.8 Å². The van der Waals surface area contributed by atoms with Crippen LogP contribution in [0.3, 0.4) is 0 Å². The number of hydrogen-bond acceptors (Lipinski definition) is 4. The van der Waals surface area contributed by atoms with Gasteiger partial charge in [0.15, 0.2) is 5.82 Å². The lowest BCUT2D eigenvalue weighted by Gasteiger charge is -2.03. The molecule has 1 aliphatic rings. The van der Waals surface area contributed by atoms with E-state index in [0.717, 1.165) is 12.8 Å². The molecule has 3 N–H and O–H groups in total. The summed E-state index contributed by atoms with van der Waals surface area (Å²) in [4.78, 5) is 4.15. The minimum atomic E-state index is -0.583. The van der Waals surface area contributed by atoms with Crippen LogP contribution < -0.4 is 5.32 Å². The molecule has 5 nitrogen and oxygen atoms in total. The Morgan fingerprint density at radius 2 is 2.28 bits per heavy atom. The van der Waals surface area contributed by atoms with Gasteiger partial charge >= 0.3 is 0 Å². The van der Waals surface area contributed by atoms with Crippen LogP contribution in [0.25, 0.3) is 0 Å². The van der Waals surface area contributed by atoms with Crippen LogP contribution in [0.15, 0.2) is 24.3 Å². The molecule has 0 saturated heterocycles. The van der Waals surface area contributed by atoms with Gasteiger partial charge in [0, 0.05) is 5.69 Å². The van der Waals surface area contributed by atoms with E-state index in [1.807, 2.05) is 0 Å². The maximum atomic E-state index is 13.0. The van der Waals surface area contributed by atoms with Gasteiger partial charge in [-0.25, -0.2) is 4.39 Å². The highest BCUT2D eigenvalue weighted by atomic mass is 19.1. The van der Waals surface area contributed by atoms with Crippen molar-refractivity contribution < 1.29 is 9.50 Å². The fourth-order valence-electron chi connectivity index (χ4n) is 1.79. The lowest BCUT2D eigenvalue weighted by Crippen LogP contribution is -2.02. The molecule has 0 bridgehead atoms. The number of nitrogens with zero attached hydrogens (tertiary/aromatic N) is 2. The van der Waals surface area contributed by atoms with E-state index < -0.39 is 6.10 Å². The second-order valence-corrected chi connectivity index (χ2v) is 4.46. The Labute approximate surface area is 103 Å². The van der Waals surface area contributed by atoms with Crippen LogP contribution in [0.1, 0.15) is 24.8 Å². The molecule has 0 spiro atoms. The number of anilines is 2. The highest BCUT2D eigenvalue weighted by molar-refractivity contribution is 5.52. The predicted molar refractivity (Wildman–Crippen MR) is 63.7 cm³/mol. The molecule has 6 heteroatoms. The zero-order valence-electron chi connectivity index (χ0n) is 9.60. The van der Waals surface area contributed by atoms with E-state index in [4.69, 9.17) is 0 Å². The number of aliphatic hydroxyl groups is 1. The molecule has 1 unspecified atom stereocenters. The number of nitrogens with one attached hydrogen (secondary N) is 2. The number of halogens is 1. The van der Waals surface area contributed by atoms with Gasteiger partial charge in [0.1, 0.15) is 11.9 Å². The van der Waals surface area contributed by atoms with Gasteiger partial charge in [-0.15, -0.1) is 5.10 Å². The minimum absolute atomic E-state index is 0.292. The number of H-pyrrole nitrogens is 1. The van der Waals surface area contributed by atoms with Crippen LogP contribution in [-0.2, 0) is 0 Å². The Kier molecular flexibility index (Phi) is 2.71. The van der Waals surface area contributed by atoms with Gasteiger partial charge in [-0.2, -0.15) is 4.98 Å². The van der Waals surface area contributed by atoms with Crippen LogP contribution in [0.4, 0.5) is 16.0 Å². The van der Waals surface area contributed by atoms with Crippen molar-refractivity contribution >= 4 is 11.6 Å². The van der Waals surface area contributed by atoms with Crippen LogP contribution in [0.5, 0.6) is 0 Å². The largest absolute Gasteiger partial charge is 0.385 e. The first kappa shape index (κ1) is 11.2. The number of rotatable bonds is 4. The van der Waals surface area contributed by atoms with Gasteiger partial charge in [0.2, 0.25) is 5.95 Å². The third kappa shape index (κ3) is 2.33. The SMILES string of the molecule is OC(c1nc(Nc2cccc(F)c2)n[nH]1)C1CC1. The number of hydrogen-bond donors (Lipinski definition) is 3. The summed E-state index contributed by atoms with van der Waals surface area (Å²) in [6, 6.07) is 6.04. The third-order valence-electron chi connectivity index (χ3n) is 2.93. The third-order valence-corrected chi connectivity index (χ3v) is 2.93. The number of aliphatic hydroxyl groups excluding tert-OH is 1. The standard InChI is InChI=1S/C12H13FN4O/c13-8-2-1-3-9(6-8)14-12-15-11(16-17-12)10(18)7-4-5-7/h1-3,6-7,10,18H,4-5H2,(H2,14,15,16,17). The van der Waals surface area contributed by atoms with Gasteiger partial charge in [0.25, 0.3) is 0 Å². The number of aromatic nitrogens is 3. The van der Waals surface area contributed by atoms with E-state index in [9.17, 15) is 9.50 Å². The van der Waals surface area contributed by atoms with Crippen molar-refractivity contribution in [3.8, 4) is 0 Å². The quantitative estimate of drug-likeness (QED) is 0.775. The fraction of sp³-hybridized carbons (Fsp3) is 0.333. The molecule has 1 aromatic heterocycles. The van der Waals surface area contributed by atoms with Crippen molar-refractivity contribution in [3.63, 3.8) is 0 Å². The molecule has 18 heavy (non-hydrogen) atoms. The average molecular weight is 248 g/mol. The number of aromatic amines is 1. The van der Waals surface area contributed by atoms with Gasteiger partial charge < -0.3 is 10.4 Å². The van der Waals surface area contributed by atoms with Crippen LogP contribution in [0, 0.1) is 11.7 Å². The van der Waals surface area contributed by atoms with E-state index in [1.165, 1.54) is 12.1 Å². The van der Waals surface area contributed by atoms with Gasteiger partial charge in [-0.05, 0) is 37.0 Å². The molecule has 1 heterocycles. The zero-order chi connectivity index (χ0) is 12.5. The molecular weight excluding hydrogens is 235 g/mol. The Balaban J connectivity index is 1.73. The Hall–Kier alpha value is -1.95. The maximum Gasteiger partial charge on any atom is 0.246 e. The second kappa shape index (κ2) is 4.38. The van der Waals surface area contributed by atoms with E-state index in [-0.39, 0.29) is 5.82 Å². The highest BCUT2D eigenvalue weighted by Crippen LogP contribution is 2.39. The van der Waals surface area contributed by atoms with Gasteiger partial charge in [0.05, 0.1) is 0 Å². The normalized spacial score (nSPS) is 16.6. The maximum absolute atomic E-state index is 13.0. The van der Waals surface area contributed by atoms with Crippen molar-refractivity contribution in [1.29, 1.82) is 0 Å². The molecule has 1 saturated carbocycles. The molecule has 1 aliphatic carbocycles. The van der Waals surface area contributed by atoms with Crippen molar-refractivity contribution in [2.45, 2.75) is 18.9 Å². The second-order valence-electron chi connectivity index (χ2n) is 4.46. The first-order valence-corrected chi connectivity index (χ1v) is 5.85. The van der Waals surface area contributed by atoms with Crippen LogP contribution in [-0.4, -0.2) is 20.3 Å². The molecule has 2 aromatic rings. The van der Waals surface area contributed by atoms with E-state index in [0.29, 0.717) is 23.4 Å². The summed E-state index contributed by atoms with van der Waals surface area (Å²) in [6.45, 7) is 0. The molecule has 0 aliphatic heterocycles. The molecule has 3 rings (SSSR count). The summed E-state index contributed by atoms with van der Waals surface area (Å²) in [7, 11) is 0. The summed E-state index contributed by atoms with van der Waals surface area (Å²) in [5.74, 6) is 0.750. The van der Waals surface area contributed by atoms with Crippen molar-refractivity contribution in [1.82, 2.24) is 15.2 Å². The molecule has 94 valence electrons. The Morgan fingerprint density at radius 1 is 1.44 bits per heavy atom. The Morgan fingerprint density at radius 3 is 3.00 bits per heavy atom. The van der Waals surface area contributed by atoms with Gasteiger partial charge in [-0.3, -0.25) is 5.10 Å². The van der Waals surface area contributed by atoms with Crippen molar-refractivity contribution in [3.05, 3.63) is 35.9 Å². The summed E-state index contributed by atoms with van der Waals surface area (Å²) < 4.78 is 13.0. The Bertz CT molecular complexity index is 553. The molecule has 0 amide bonds. The molecule has 1 fully saturated rings. The lowest BCUT2D eigenvalue weighted by molar-refractivity contribution is 0.144. The van der Waals surface area contributed by atoms with Gasteiger partial charge in [-0.1, -0.05) is 6.07 Å². The smallest absolute Gasteiger partial charge is 0.246 e. The predicted octanol–water partition coefficient (Wildman–Crippen LogP) is 2.13. The molecule has 1 aromatic carbocycles. The zero-order valence-corrected chi connectivity index (χ0v) is 9.60. The molecule has 0 radical (unpaired) electrons. The summed E-state index contributed by atoms with van der Waals surface area (Å²) in [5, 5.41) is 19.4. The summed E-state index contributed by atoms with van der Waals surface area (Å²) in [5.41, 5.74) is 0.571. The fourth-order valence-corrected chi connectivity index (χ4v) is 1.79. The van der Waals surface area contributed by atoms with E-state index >= 15 is 0 Å². The van der Waals surface area contributed by atoms with Crippen LogP contribution in [0.2, 0.25) is 0 Å². The number of benzene rings is 1. The van der Waals surface area contributed by atoms with E-state index in [2.05, 4.69) is 20.5 Å². The van der Waals surface area contributed by atoms with Crippen LogP contribution >= 0.6 is 0 Å². The van der Waals surface area contributed by atoms with Crippen molar-refractivity contribution in [2.75, 3.05) is 5.32 Å². The lowest BCUT2D eigenvalue weighted by atomic mass is 10.2. The summed E-state index contributed by atoms with van der Waals surface area (Å²) >= 11 is 0. The van der Waals surface area contributed by atoms with E-state index in [1.54, 1.807) is 12.1 Å².